The van der Waals surface area contributed by atoms with E-state index in [0.29, 0.717) is 0 Å². The highest BCUT2D eigenvalue weighted by Gasteiger charge is 2.33. The summed E-state index contributed by atoms with van der Waals surface area (Å²) < 4.78 is 4.90. The number of ether oxygens (including phenoxy) is 1. The molecule has 6 nitrogen and oxygen atoms in total. The van der Waals surface area contributed by atoms with E-state index in [0.717, 1.165) is 0 Å². The molecule has 0 saturated carbocycles. The number of phenols is 2. The Bertz CT molecular complexity index is 417. The Morgan fingerprint density at radius 1 is 1.47 bits per heavy atom. The van der Waals surface area contributed by atoms with Gasteiger partial charge in [-0.05, 0) is 12.1 Å². The maximum atomic E-state index is 11.3. The normalized spacial score (nSPS) is 19.0. The van der Waals surface area contributed by atoms with Crippen molar-refractivity contribution in [2.75, 3.05) is 7.11 Å². The quantitative estimate of drug-likeness (QED) is 0.578. The van der Waals surface area contributed by atoms with Gasteiger partial charge in [-0.25, -0.2) is 0 Å². The molecule has 1 amide bonds. The number of hydrogen-bond acceptors (Lipinski definition) is 5. The predicted octanol–water partition coefficient (Wildman–Crippen LogP) is 0.209. The van der Waals surface area contributed by atoms with Crippen LogP contribution in [0.25, 0.3) is 0 Å². The van der Waals surface area contributed by atoms with Crippen molar-refractivity contribution in [1.82, 2.24) is 5.48 Å². The first-order valence-electron chi connectivity index (χ1n) is 4.19. The molecule has 80 valence electrons. The highest BCUT2D eigenvalue weighted by molar-refractivity contribution is 5.85. The SMILES string of the molecule is COC1C(=O)NOc2ccc(O)c(O)c21. The second-order valence-corrected chi connectivity index (χ2v) is 3.03. The molecule has 15 heavy (non-hydrogen) atoms. The van der Waals surface area contributed by atoms with Gasteiger partial charge in [0.2, 0.25) is 0 Å². The summed E-state index contributed by atoms with van der Waals surface area (Å²) >= 11 is 0. The zero-order valence-corrected chi connectivity index (χ0v) is 7.85. The third kappa shape index (κ3) is 1.35. The first-order valence-corrected chi connectivity index (χ1v) is 4.19. The van der Waals surface area contributed by atoms with Crippen LogP contribution in [0.15, 0.2) is 12.1 Å². The van der Waals surface area contributed by atoms with Gasteiger partial charge < -0.3 is 19.8 Å². The van der Waals surface area contributed by atoms with Crippen LogP contribution >= 0.6 is 0 Å². The second-order valence-electron chi connectivity index (χ2n) is 3.03. The Morgan fingerprint density at radius 3 is 2.87 bits per heavy atom. The summed E-state index contributed by atoms with van der Waals surface area (Å²) in [5.74, 6) is -1.02. The molecule has 0 fully saturated rings. The Morgan fingerprint density at radius 2 is 2.20 bits per heavy atom. The molecular formula is C9H9NO5. The van der Waals surface area contributed by atoms with E-state index in [2.05, 4.69) is 5.48 Å². The number of nitrogens with one attached hydrogen (secondary N) is 1. The van der Waals surface area contributed by atoms with E-state index in [4.69, 9.17) is 9.57 Å². The number of methoxy groups -OCH3 is 1. The molecule has 1 unspecified atom stereocenters. The third-order valence-corrected chi connectivity index (χ3v) is 2.15. The van der Waals surface area contributed by atoms with E-state index in [1.54, 1.807) is 0 Å². The minimum Gasteiger partial charge on any atom is -0.504 e. The number of fused-ring (bicyclic) bond motifs is 1. The molecule has 0 aromatic heterocycles. The van der Waals surface area contributed by atoms with E-state index < -0.39 is 17.8 Å². The molecular weight excluding hydrogens is 202 g/mol. The first kappa shape index (κ1) is 9.60. The van der Waals surface area contributed by atoms with Crippen LogP contribution in [0.2, 0.25) is 0 Å². The van der Waals surface area contributed by atoms with Crippen LogP contribution in [0.4, 0.5) is 0 Å². The lowest BCUT2D eigenvalue weighted by Gasteiger charge is -2.24. The van der Waals surface area contributed by atoms with Gasteiger partial charge in [0, 0.05) is 7.11 Å². The summed E-state index contributed by atoms with van der Waals surface area (Å²) in [6.45, 7) is 0. The van der Waals surface area contributed by atoms with Gasteiger partial charge in [-0.15, -0.1) is 0 Å². The van der Waals surface area contributed by atoms with Gasteiger partial charge in [-0.2, -0.15) is 5.48 Å². The van der Waals surface area contributed by atoms with Crippen LogP contribution in [0.5, 0.6) is 17.2 Å². The van der Waals surface area contributed by atoms with Crippen LogP contribution in [0.3, 0.4) is 0 Å². The van der Waals surface area contributed by atoms with Gasteiger partial charge in [-0.1, -0.05) is 0 Å². The van der Waals surface area contributed by atoms with Gasteiger partial charge in [-0.3, -0.25) is 4.79 Å². The average Bonchev–Trinajstić information content (AvgIpc) is 2.24. The van der Waals surface area contributed by atoms with Crippen molar-refractivity contribution in [2.45, 2.75) is 6.10 Å². The second kappa shape index (κ2) is 3.32. The molecule has 1 aromatic rings. The van der Waals surface area contributed by atoms with Crippen molar-refractivity contribution in [3.05, 3.63) is 17.7 Å². The highest BCUT2D eigenvalue weighted by atomic mass is 16.7. The van der Waals surface area contributed by atoms with Gasteiger partial charge in [0.25, 0.3) is 5.91 Å². The van der Waals surface area contributed by atoms with Crippen molar-refractivity contribution < 1.29 is 24.6 Å². The largest absolute Gasteiger partial charge is 0.504 e. The third-order valence-electron chi connectivity index (χ3n) is 2.15. The molecule has 1 atom stereocenters. The van der Waals surface area contributed by atoms with Crippen molar-refractivity contribution >= 4 is 5.91 Å². The number of benzene rings is 1. The number of amides is 1. The number of rotatable bonds is 1. The summed E-state index contributed by atoms with van der Waals surface area (Å²) in [4.78, 5) is 16.2. The van der Waals surface area contributed by atoms with E-state index in [1.165, 1.54) is 19.2 Å². The lowest BCUT2D eigenvalue weighted by molar-refractivity contribution is -0.141. The fraction of sp³-hybridized carbons (Fsp3) is 0.222. The molecule has 1 aliphatic heterocycles. The molecule has 0 saturated heterocycles. The summed E-state index contributed by atoms with van der Waals surface area (Å²) in [6.07, 6.45) is -0.985. The Balaban J connectivity index is 2.60. The Kier molecular flexibility index (Phi) is 2.12. The minimum atomic E-state index is -0.985. The van der Waals surface area contributed by atoms with Gasteiger partial charge in [0.1, 0.15) is 0 Å². The van der Waals surface area contributed by atoms with E-state index >= 15 is 0 Å². The highest BCUT2D eigenvalue weighted by Crippen LogP contribution is 2.42. The standard InChI is InChI=1S/C9H9NO5/c1-14-8-6-5(15-10-9(8)13)3-2-4(11)7(6)12/h2-3,8,11-12H,1H3,(H,10,13). The van der Waals surface area contributed by atoms with Crippen molar-refractivity contribution in [3.63, 3.8) is 0 Å². The molecule has 1 aromatic carbocycles. The minimum absolute atomic E-state index is 0.126. The number of hydrogen-bond donors (Lipinski definition) is 3. The summed E-state index contributed by atoms with van der Waals surface area (Å²) in [5, 5.41) is 18.9. The molecule has 6 heteroatoms. The number of aromatic hydroxyl groups is 2. The van der Waals surface area contributed by atoms with Crippen molar-refractivity contribution in [1.29, 1.82) is 0 Å². The van der Waals surface area contributed by atoms with E-state index in [9.17, 15) is 15.0 Å². The van der Waals surface area contributed by atoms with E-state index in [1.807, 2.05) is 0 Å². The van der Waals surface area contributed by atoms with Gasteiger partial charge in [0.15, 0.2) is 23.4 Å². The zero-order chi connectivity index (χ0) is 11.0. The fourth-order valence-electron chi connectivity index (χ4n) is 1.44. The summed E-state index contributed by atoms with van der Waals surface area (Å²) in [6, 6.07) is 2.69. The lowest BCUT2D eigenvalue weighted by atomic mass is 10.0. The molecule has 0 bridgehead atoms. The summed E-state index contributed by atoms with van der Waals surface area (Å²) in [5.41, 5.74) is 2.26. The molecule has 3 N–H and O–H groups in total. The zero-order valence-electron chi connectivity index (χ0n) is 7.85. The van der Waals surface area contributed by atoms with Crippen LogP contribution in [-0.4, -0.2) is 23.2 Å². The molecule has 0 radical (unpaired) electrons. The summed E-state index contributed by atoms with van der Waals surface area (Å²) in [7, 11) is 1.32. The average molecular weight is 211 g/mol. The van der Waals surface area contributed by atoms with Crippen molar-refractivity contribution in [3.8, 4) is 17.2 Å². The molecule has 0 spiro atoms. The van der Waals surface area contributed by atoms with Crippen LogP contribution in [-0.2, 0) is 9.53 Å². The molecule has 1 aliphatic rings. The lowest BCUT2D eigenvalue weighted by Crippen LogP contribution is -2.37. The van der Waals surface area contributed by atoms with E-state index in [-0.39, 0.29) is 17.1 Å². The Hall–Kier alpha value is -1.95. The smallest absolute Gasteiger partial charge is 0.286 e. The number of carbonyl (C=O) groups is 1. The van der Waals surface area contributed by atoms with Crippen molar-refractivity contribution in [2.24, 2.45) is 0 Å². The van der Waals surface area contributed by atoms with Crippen LogP contribution in [0.1, 0.15) is 11.7 Å². The number of phenolic OH excluding ortho intramolecular Hbond substituents is 2. The van der Waals surface area contributed by atoms with Crippen LogP contribution in [0, 0.1) is 0 Å². The predicted molar refractivity (Wildman–Crippen MR) is 48.3 cm³/mol. The molecule has 0 aliphatic carbocycles. The first-order chi connectivity index (χ1) is 7.15. The maximum Gasteiger partial charge on any atom is 0.286 e. The number of hydroxylamine groups is 1. The van der Waals surface area contributed by atoms with Gasteiger partial charge >= 0.3 is 0 Å². The monoisotopic (exact) mass is 211 g/mol. The fourth-order valence-corrected chi connectivity index (χ4v) is 1.44. The van der Waals surface area contributed by atoms with Crippen LogP contribution < -0.4 is 10.3 Å². The maximum absolute atomic E-state index is 11.3. The van der Waals surface area contributed by atoms with Gasteiger partial charge in [0.05, 0.1) is 5.56 Å². The number of carbonyl (C=O) groups excluding carboxylic acids is 1. The Labute approximate surface area is 85.0 Å². The molecule has 1 heterocycles. The molecule has 2 rings (SSSR count). The topological polar surface area (TPSA) is 88.0 Å².